The fourth-order valence-electron chi connectivity index (χ4n) is 2.72. The number of halogens is 1. The number of aromatic nitrogens is 2. The molecule has 2 heterocycles. The first kappa shape index (κ1) is 16.2. The molecule has 1 atom stereocenters. The highest BCUT2D eigenvalue weighted by molar-refractivity contribution is 6.34. The van der Waals surface area contributed by atoms with Crippen molar-refractivity contribution in [2.45, 2.75) is 12.5 Å². The predicted octanol–water partition coefficient (Wildman–Crippen LogP) is 1.30. The number of carbonyl (C=O) groups is 2. The first-order valence-corrected chi connectivity index (χ1v) is 7.75. The number of rotatable bonds is 3. The van der Waals surface area contributed by atoms with E-state index in [4.69, 9.17) is 11.6 Å². The number of nitrogens with zero attached hydrogens (tertiary/aromatic N) is 3. The Kier molecular flexibility index (Phi) is 4.35. The van der Waals surface area contributed by atoms with E-state index in [0.717, 1.165) is 0 Å². The third-order valence-electron chi connectivity index (χ3n) is 4.01. The van der Waals surface area contributed by atoms with E-state index >= 15 is 0 Å². The zero-order valence-corrected chi connectivity index (χ0v) is 13.7. The fourth-order valence-corrected chi connectivity index (χ4v) is 2.96. The van der Waals surface area contributed by atoms with Gasteiger partial charge in [0.1, 0.15) is 11.7 Å². The van der Waals surface area contributed by atoms with Crippen molar-refractivity contribution in [2.75, 3.05) is 18.5 Å². The second-order valence-corrected chi connectivity index (χ2v) is 5.88. The van der Waals surface area contributed by atoms with E-state index in [9.17, 15) is 14.4 Å². The van der Waals surface area contributed by atoms with Gasteiger partial charge in [0, 0.05) is 19.7 Å². The van der Waals surface area contributed by atoms with Gasteiger partial charge in [0.25, 0.3) is 11.5 Å². The summed E-state index contributed by atoms with van der Waals surface area (Å²) in [5.41, 5.74) is 0.326. The van der Waals surface area contributed by atoms with Crippen LogP contribution in [0.1, 0.15) is 16.9 Å². The summed E-state index contributed by atoms with van der Waals surface area (Å²) in [6.07, 6.45) is 0.496. The molecule has 0 aliphatic carbocycles. The van der Waals surface area contributed by atoms with Crippen LogP contribution in [0.2, 0.25) is 5.02 Å². The van der Waals surface area contributed by atoms with Crippen LogP contribution in [0.25, 0.3) is 0 Å². The largest absolute Gasteiger partial charge is 0.328 e. The minimum atomic E-state index is -0.595. The molecule has 1 fully saturated rings. The van der Waals surface area contributed by atoms with Crippen LogP contribution in [-0.2, 0) is 4.79 Å². The fraction of sp³-hybridized carbons (Fsp3) is 0.250. The van der Waals surface area contributed by atoms with Crippen LogP contribution in [0.15, 0.2) is 41.2 Å². The molecule has 1 aliphatic rings. The monoisotopic (exact) mass is 346 g/mol. The topological polar surface area (TPSA) is 86.4 Å². The molecule has 2 aromatic rings. The number of hydrogen-bond donors (Lipinski definition) is 1. The van der Waals surface area contributed by atoms with Crippen LogP contribution < -0.4 is 10.5 Å². The number of amides is 2. The van der Waals surface area contributed by atoms with Gasteiger partial charge in [0.05, 0.1) is 10.7 Å². The van der Waals surface area contributed by atoms with Crippen LogP contribution in [-0.4, -0.2) is 46.5 Å². The molecule has 1 saturated heterocycles. The summed E-state index contributed by atoms with van der Waals surface area (Å²) < 4.78 is 0. The van der Waals surface area contributed by atoms with Crippen LogP contribution in [0.4, 0.5) is 5.69 Å². The highest BCUT2D eigenvalue weighted by Crippen LogP contribution is 2.30. The highest BCUT2D eigenvalue weighted by atomic mass is 35.5. The highest BCUT2D eigenvalue weighted by Gasteiger charge is 2.38. The maximum absolute atomic E-state index is 12.7. The molecule has 1 unspecified atom stereocenters. The van der Waals surface area contributed by atoms with Gasteiger partial charge in [-0.25, -0.2) is 5.10 Å². The van der Waals surface area contributed by atoms with Crippen LogP contribution in [0.3, 0.4) is 0 Å². The molecule has 3 rings (SSSR count). The predicted molar refractivity (Wildman–Crippen MR) is 89.2 cm³/mol. The van der Waals surface area contributed by atoms with Crippen molar-refractivity contribution in [2.24, 2.45) is 0 Å². The Balaban J connectivity index is 1.79. The molecule has 0 saturated carbocycles. The molecular weight excluding hydrogens is 332 g/mol. The van der Waals surface area contributed by atoms with E-state index in [-0.39, 0.29) is 11.6 Å². The van der Waals surface area contributed by atoms with Gasteiger partial charge >= 0.3 is 0 Å². The number of aromatic amines is 1. The molecule has 2 amide bonds. The van der Waals surface area contributed by atoms with Crippen LogP contribution in [0.5, 0.6) is 0 Å². The Morgan fingerprint density at radius 2 is 2.04 bits per heavy atom. The van der Waals surface area contributed by atoms with Gasteiger partial charge in [-0.15, -0.1) is 0 Å². The van der Waals surface area contributed by atoms with Gasteiger partial charge < -0.3 is 9.80 Å². The Morgan fingerprint density at radius 1 is 1.29 bits per heavy atom. The van der Waals surface area contributed by atoms with Gasteiger partial charge in [0.2, 0.25) is 5.91 Å². The zero-order chi connectivity index (χ0) is 17.3. The number of anilines is 1. The number of likely N-dealkylation sites (N-methyl/N-ethyl adjacent to an activating group) is 1. The normalized spacial score (nSPS) is 17.2. The lowest BCUT2D eigenvalue weighted by atomic mass is 10.2. The second kappa shape index (κ2) is 6.45. The molecule has 0 bridgehead atoms. The van der Waals surface area contributed by atoms with Crippen molar-refractivity contribution < 1.29 is 9.59 Å². The summed E-state index contributed by atoms with van der Waals surface area (Å²) in [7, 11) is 1.55. The molecule has 124 valence electrons. The van der Waals surface area contributed by atoms with E-state index in [2.05, 4.69) is 10.2 Å². The average molecular weight is 347 g/mol. The minimum Gasteiger partial charge on any atom is -0.328 e. The third-order valence-corrected chi connectivity index (χ3v) is 4.33. The maximum Gasteiger partial charge on any atom is 0.274 e. The van der Waals surface area contributed by atoms with E-state index in [1.54, 1.807) is 36.2 Å². The maximum atomic E-state index is 12.7. The molecule has 1 aromatic heterocycles. The zero-order valence-electron chi connectivity index (χ0n) is 12.9. The first-order valence-electron chi connectivity index (χ1n) is 7.38. The van der Waals surface area contributed by atoms with Gasteiger partial charge in [-0.05, 0) is 24.6 Å². The molecule has 0 radical (unpaired) electrons. The van der Waals surface area contributed by atoms with Crippen molar-refractivity contribution in [1.29, 1.82) is 0 Å². The van der Waals surface area contributed by atoms with E-state index in [1.807, 2.05) is 0 Å². The lowest BCUT2D eigenvalue weighted by molar-refractivity contribution is -0.120. The second-order valence-electron chi connectivity index (χ2n) is 5.47. The van der Waals surface area contributed by atoms with E-state index in [1.165, 1.54) is 17.0 Å². The number of carbonyl (C=O) groups excluding carboxylic acids is 2. The summed E-state index contributed by atoms with van der Waals surface area (Å²) in [4.78, 5) is 39.1. The molecular formula is C16H15ClN4O3. The quantitative estimate of drug-likeness (QED) is 0.907. The molecule has 0 spiro atoms. The van der Waals surface area contributed by atoms with Gasteiger partial charge in [-0.3, -0.25) is 14.4 Å². The molecule has 1 N–H and O–H groups in total. The number of para-hydroxylation sites is 1. The standard InChI is InChI=1S/C16H15ClN4O3/c1-20(15(23)11-6-7-14(22)19-18-11)13-8-9-21(16(13)24)12-5-3-2-4-10(12)17/h2-7,13H,8-9H2,1H3,(H,19,22). The lowest BCUT2D eigenvalue weighted by Gasteiger charge is -2.24. The van der Waals surface area contributed by atoms with Gasteiger partial charge in [-0.1, -0.05) is 23.7 Å². The van der Waals surface area contributed by atoms with E-state index in [0.29, 0.717) is 23.7 Å². The smallest absolute Gasteiger partial charge is 0.274 e. The van der Waals surface area contributed by atoms with Crippen LogP contribution >= 0.6 is 11.6 Å². The summed E-state index contributed by atoms with van der Waals surface area (Å²) in [6, 6.07) is 9.05. The SMILES string of the molecule is CN(C(=O)c1ccc(=O)[nH]n1)C1CCN(c2ccccc2Cl)C1=O. The Morgan fingerprint density at radius 3 is 2.71 bits per heavy atom. The Hall–Kier alpha value is -2.67. The van der Waals surface area contributed by atoms with Gasteiger partial charge in [-0.2, -0.15) is 5.10 Å². The molecule has 1 aromatic carbocycles. The Labute approximate surface area is 142 Å². The number of hydrogen-bond acceptors (Lipinski definition) is 4. The summed E-state index contributed by atoms with van der Waals surface area (Å²) in [5, 5.41) is 6.41. The molecule has 8 heteroatoms. The van der Waals surface area contributed by atoms with E-state index < -0.39 is 17.5 Å². The first-order chi connectivity index (χ1) is 11.5. The van der Waals surface area contributed by atoms with Crippen LogP contribution in [0, 0.1) is 0 Å². The summed E-state index contributed by atoms with van der Waals surface area (Å²) in [6.45, 7) is 0.476. The van der Waals surface area contributed by atoms with Crippen molar-refractivity contribution in [3.8, 4) is 0 Å². The van der Waals surface area contributed by atoms with Crippen molar-refractivity contribution in [3.63, 3.8) is 0 Å². The molecule has 1 aliphatic heterocycles. The number of benzene rings is 1. The van der Waals surface area contributed by atoms with Crippen molar-refractivity contribution >= 4 is 29.1 Å². The lowest BCUT2D eigenvalue weighted by Crippen LogP contribution is -2.43. The van der Waals surface area contributed by atoms with Crippen molar-refractivity contribution in [1.82, 2.24) is 15.1 Å². The Bertz CT molecular complexity index is 831. The summed E-state index contributed by atoms with van der Waals surface area (Å²) in [5.74, 6) is -0.617. The molecule has 24 heavy (non-hydrogen) atoms. The van der Waals surface area contributed by atoms with Gasteiger partial charge in [0.15, 0.2) is 0 Å². The number of nitrogens with one attached hydrogen (secondary N) is 1. The summed E-state index contributed by atoms with van der Waals surface area (Å²) >= 11 is 6.15. The minimum absolute atomic E-state index is 0.0843. The number of H-pyrrole nitrogens is 1. The third kappa shape index (κ3) is 2.90. The molecule has 7 nitrogen and oxygen atoms in total. The van der Waals surface area contributed by atoms with Crippen molar-refractivity contribution in [3.05, 3.63) is 57.5 Å². The average Bonchev–Trinajstić information content (AvgIpc) is 2.96.